The molecule has 2 N–H and O–H groups in total. The highest BCUT2D eigenvalue weighted by atomic mass is 19.3. The van der Waals surface area contributed by atoms with Crippen molar-refractivity contribution in [2.45, 2.75) is 64.3 Å². The summed E-state index contributed by atoms with van der Waals surface area (Å²) in [5.41, 5.74) is 0.887. The van der Waals surface area contributed by atoms with Gasteiger partial charge in [-0.2, -0.15) is 8.78 Å². The van der Waals surface area contributed by atoms with Crippen LogP contribution in [0.25, 0.3) is 0 Å². The number of methoxy groups -OCH3 is 1. The summed E-state index contributed by atoms with van der Waals surface area (Å²) in [6.45, 7) is -0.421. The van der Waals surface area contributed by atoms with E-state index < -0.39 is 6.61 Å². The maximum absolute atomic E-state index is 12.5. The molecule has 1 amide bonds. The lowest BCUT2D eigenvalue weighted by atomic mass is 9.95. The SMILES string of the molecule is COc1cc(C[NH+](C)[C@H](C)C(=O)NC2CCCCC2)ccc1OC(F)F. The standard InChI is InChI=1S/C19H28F2N2O3/c1-13(18(24)22-15-7-5-4-6-8-15)23(2)12-14-9-10-16(26-19(20)21)17(11-14)25-3/h9-11,13,15,19H,4-8,12H2,1-3H3,(H,22,24)/p+1/t13-/m1/s1. The molecule has 7 heteroatoms. The molecular formula is C19H29F2N2O3+. The number of quaternary nitrogens is 1. The first-order valence-corrected chi connectivity index (χ1v) is 9.15. The number of carbonyl (C=O) groups is 1. The van der Waals surface area contributed by atoms with Gasteiger partial charge in [0.15, 0.2) is 17.5 Å². The Bertz CT molecular complexity index is 592. The number of hydrogen-bond acceptors (Lipinski definition) is 3. The normalized spacial score (nSPS) is 17.6. The number of alkyl halides is 2. The number of amides is 1. The van der Waals surface area contributed by atoms with Crippen molar-refractivity contribution < 1.29 is 27.9 Å². The molecule has 0 saturated heterocycles. The molecule has 2 atom stereocenters. The van der Waals surface area contributed by atoms with Gasteiger partial charge in [-0.1, -0.05) is 19.3 Å². The Kier molecular flexibility index (Phi) is 7.63. The number of hydrogen-bond donors (Lipinski definition) is 2. The van der Waals surface area contributed by atoms with Gasteiger partial charge in [0.05, 0.1) is 14.2 Å². The molecule has 1 unspecified atom stereocenters. The fourth-order valence-corrected chi connectivity index (χ4v) is 3.29. The molecule has 2 rings (SSSR count). The van der Waals surface area contributed by atoms with E-state index in [1.165, 1.54) is 32.4 Å². The van der Waals surface area contributed by atoms with E-state index in [0.29, 0.717) is 6.54 Å². The van der Waals surface area contributed by atoms with Gasteiger partial charge in [0.2, 0.25) is 0 Å². The highest BCUT2D eigenvalue weighted by molar-refractivity contribution is 5.80. The molecule has 5 nitrogen and oxygen atoms in total. The largest absolute Gasteiger partial charge is 0.493 e. The lowest BCUT2D eigenvalue weighted by molar-refractivity contribution is -0.908. The van der Waals surface area contributed by atoms with Gasteiger partial charge in [-0.15, -0.1) is 0 Å². The molecule has 0 bridgehead atoms. The van der Waals surface area contributed by atoms with Crippen LogP contribution in [-0.2, 0) is 11.3 Å². The van der Waals surface area contributed by atoms with Crippen LogP contribution in [0.3, 0.4) is 0 Å². The van der Waals surface area contributed by atoms with Gasteiger partial charge in [-0.05, 0) is 38.0 Å². The smallest absolute Gasteiger partial charge is 0.387 e. The number of ether oxygens (including phenoxy) is 2. The summed E-state index contributed by atoms with van der Waals surface area (Å²) in [5, 5.41) is 3.15. The molecule has 0 heterocycles. The molecule has 1 aliphatic carbocycles. The van der Waals surface area contributed by atoms with Crippen LogP contribution in [0.2, 0.25) is 0 Å². The first-order valence-electron chi connectivity index (χ1n) is 9.15. The monoisotopic (exact) mass is 371 g/mol. The Hall–Kier alpha value is -1.89. The van der Waals surface area contributed by atoms with Crippen molar-refractivity contribution in [3.05, 3.63) is 23.8 Å². The summed E-state index contributed by atoms with van der Waals surface area (Å²) in [6.07, 6.45) is 5.71. The summed E-state index contributed by atoms with van der Waals surface area (Å²) in [7, 11) is 3.36. The quantitative estimate of drug-likeness (QED) is 0.736. The van der Waals surface area contributed by atoms with E-state index in [-0.39, 0.29) is 29.5 Å². The van der Waals surface area contributed by atoms with E-state index in [4.69, 9.17) is 4.74 Å². The fourth-order valence-electron chi connectivity index (χ4n) is 3.29. The molecule has 1 saturated carbocycles. The second-order valence-electron chi connectivity index (χ2n) is 6.95. The molecule has 26 heavy (non-hydrogen) atoms. The molecule has 0 aliphatic heterocycles. The molecular weight excluding hydrogens is 342 g/mol. The predicted molar refractivity (Wildman–Crippen MR) is 94.7 cm³/mol. The number of benzene rings is 1. The first-order chi connectivity index (χ1) is 12.4. The van der Waals surface area contributed by atoms with Crippen LogP contribution in [-0.4, -0.2) is 38.8 Å². The first kappa shape index (κ1) is 20.4. The highest BCUT2D eigenvalue weighted by Gasteiger charge is 2.25. The van der Waals surface area contributed by atoms with Gasteiger partial charge >= 0.3 is 6.61 Å². The Morgan fingerprint density at radius 2 is 1.96 bits per heavy atom. The van der Waals surface area contributed by atoms with Crippen molar-refractivity contribution in [3.8, 4) is 11.5 Å². The topological polar surface area (TPSA) is 52.0 Å². The number of nitrogens with one attached hydrogen (secondary N) is 2. The lowest BCUT2D eigenvalue weighted by Crippen LogP contribution is -3.12. The van der Waals surface area contributed by atoms with E-state index >= 15 is 0 Å². The zero-order chi connectivity index (χ0) is 19.1. The summed E-state index contributed by atoms with van der Waals surface area (Å²) in [4.78, 5) is 13.5. The van der Waals surface area contributed by atoms with E-state index in [1.54, 1.807) is 12.1 Å². The van der Waals surface area contributed by atoms with Gasteiger partial charge < -0.3 is 19.7 Å². The average molecular weight is 371 g/mol. The predicted octanol–water partition coefficient (Wildman–Crippen LogP) is 2.15. The van der Waals surface area contributed by atoms with Gasteiger partial charge in [0, 0.05) is 11.6 Å². The Morgan fingerprint density at radius 3 is 2.58 bits per heavy atom. The third kappa shape index (κ3) is 5.83. The van der Waals surface area contributed by atoms with Crippen molar-refractivity contribution in [1.82, 2.24) is 5.32 Å². The zero-order valence-corrected chi connectivity index (χ0v) is 15.7. The van der Waals surface area contributed by atoms with E-state index in [0.717, 1.165) is 23.3 Å². The third-order valence-electron chi connectivity index (χ3n) is 5.01. The third-order valence-corrected chi connectivity index (χ3v) is 5.01. The molecule has 146 valence electrons. The van der Waals surface area contributed by atoms with Gasteiger partial charge in [0.25, 0.3) is 5.91 Å². The zero-order valence-electron chi connectivity index (χ0n) is 15.7. The maximum atomic E-state index is 12.5. The summed E-state index contributed by atoms with van der Waals surface area (Å²) in [6, 6.07) is 4.94. The Labute approximate surface area is 153 Å². The summed E-state index contributed by atoms with van der Waals surface area (Å²) in [5.74, 6) is 0.320. The molecule has 1 aromatic rings. The summed E-state index contributed by atoms with van der Waals surface area (Å²) >= 11 is 0. The van der Waals surface area contributed by atoms with Crippen molar-refractivity contribution >= 4 is 5.91 Å². The lowest BCUT2D eigenvalue weighted by Gasteiger charge is -2.26. The van der Waals surface area contributed by atoms with Crippen molar-refractivity contribution in [2.24, 2.45) is 0 Å². The van der Waals surface area contributed by atoms with Crippen LogP contribution in [0, 0.1) is 0 Å². The Morgan fingerprint density at radius 1 is 1.27 bits per heavy atom. The number of carbonyl (C=O) groups excluding carboxylic acids is 1. The molecule has 1 fully saturated rings. The van der Waals surface area contributed by atoms with Crippen molar-refractivity contribution in [1.29, 1.82) is 0 Å². The van der Waals surface area contributed by atoms with Crippen LogP contribution in [0.4, 0.5) is 8.78 Å². The van der Waals surface area contributed by atoms with Crippen molar-refractivity contribution in [2.75, 3.05) is 14.2 Å². The number of halogens is 2. The molecule has 1 aliphatic rings. The van der Waals surface area contributed by atoms with E-state index in [2.05, 4.69) is 10.1 Å². The second kappa shape index (κ2) is 9.71. The van der Waals surface area contributed by atoms with Crippen molar-refractivity contribution in [3.63, 3.8) is 0 Å². The van der Waals surface area contributed by atoms with Gasteiger partial charge in [-0.25, -0.2) is 0 Å². The number of likely N-dealkylation sites (N-methyl/N-ethyl adjacent to an activating group) is 1. The number of rotatable bonds is 8. The second-order valence-corrected chi connectivity index (χ2v) is 6.95. The minimum Gasteiger partial charge on any atom is -0.493 e. The molecule has 0 aromatic heterocycles. The van der Waals surface area contributed by atoms with Gasteiger partial charge in [-0.3, -0.25) is 4.79 Å². The average Bonchev–Trinajstić information content (AvgIpc) is 2.62. The summed E-state index contributed by atoms with van der Waals surface area (Å²) < 4.78 is 34.4. The minimum atomic E-state index is -2.90. The van der Waals surface area contributed by atoms with Crippen LogP contribution < -0.4 is 19.7 Å². The van der Waals surface area contributed by atoms with Crippen LogP contribution >= 0.6 is 0 Å². The molecule has 0 radical (unpaired) electrons. The minimum absolute atomic E-state index is 0.00648. The van der Waals surface area contributed by atoms with Gasteiger partial charge in [0.1, 0.15) is 6.54 Å². The molecule has 1 aromatic carbocycles. The maximum Gasteiger partial charge on any atom is 0.387 e. The van der Waals surface area contributed by atoms with Crippen LogP contribution in [0.1, 0.15) is 44.6 Å². The van der Waals surface area contributed by atoms with E-state index in [9.17, 15) is 13.6 Å². The fraction of sp³-hybridized carbons (Fsp3) is 0.632. The van der Waals surface area contributed by atoms with E-state index in [1.807, 2.05) is 14.0 Å². The highest BCUT2D eigenvalue weighted by Crippen LogP contribution is 2.29. The molecule has 0 spiro atoms. The van der Waals surface area contributed by atoms with Crippen LogP contribution in [0.5, 0.6) is 11.5 Å². The van der Waals surface area contributed by atoms with Crippen LogP contribution in [0.15, 0.2) is 18.2 Å². The Balaban J connectivity index is 1.94.